The second kappa shape index (κ2) is 8.49. The van der Waals surface area contributed by atoms with E-state index in [2.05, 4.69) is 16.0 Å². The fraction of sp³-hybridized carbons (Fsp3) is 0.545. The zero-order valence-corrected chi connectivity index (χ0v) is 17.6. The van der Waals surface area contributed by atoms with E-state index in [1.807, 2.05) is 6.92 Å². The standard InChI is InChI=1S/C22H28N4O5/c1-22(31,14-5-3-9-23-11-14)12-24-10-13-4-2-6-15-18(13)21(30)26(20(15)29)16-7-8-17(27)25-19(16)28/h2,4,6,14,16,23-24,31H,3,5,7-12H2,1H3,(H,25,27,28). The van der Waals surface area contributed by atoms with Crippen LogP contribution >= 0.6 is 0 Å². The number of carbonyl (C=O) groups excluding carboxylic acids is 4. The van der Waals surface area contributed by atoms with Crippen LogP contribution in [0.4, 0.5) is 0 Å². The summed E-state index contributed by atoms with van der Waals surface area (Å²) in [5, 5.41) is 19.6. The third-order valence-corrected chi connectivity index (χ3v) is 6.53. The molecule has 3 unspecified atom stereocenters. The van der Waals surface area contributed by atoms with Gasteiger partial charge in [-0.15, -0.1) is 0 Å². The molecular formula is C22H28N4O5. The summed E-state index contributed by atoms with van der Waals surface area (Å²) < 4.78 is 0. The molecule has 4 N–H and O–H groups in total. The van der Waals surface area contributed by atoms with Crippen LogP contribution in [0.1, 0.15) is 58.9 Å². The number of nitrogens with zero attached hydrogens (tertiary/aromatic N) is 1. The summed E-state index contributed by atoms with van der Waals surface area (Å²) in [5.41, 5.74) is 0.286. The minimum absolute atomic E-state index is 0.0866. The molecule has 4 amide bonds. The maximum absolute atomic E-state index is 13.1. The molecule has 2 fully saturated rings. The summed E-state index contributed by atoms with van der Waals surface area (Å²) in [6, 6.07) is 4.07. The molecule has 1 aromatic carbocycles. The number of aliphatic hydroxyl groups is 1. The molecule has 9 heteroatoms. The van der Waals surface area contributed by atoms with Gasteiger partial charge in [0.2, 0.25) is 11.8 Å². The maximum atomic E-state index is 13.1. The molecule has 0 bridgehead atoms. The van der Waals surface area contributed by atoms with E-state index in [1.54, 1.807) is 18.2 Å². The van der Waals surface area contributed by atoms with Gasteiger partial charge in [0.25, 0.3) is 11.8 Å². The SMILES string of the molecule is CC(O)(CNCc1cccc2c1C(=O)N(C1CCC(=O)NC1=O)C2=O)C1CCCNC1. The van der Waals surface area contributed by atoms with E-state index in [1.165, 1.54) is 0 Å². The Hall–Kier alpha value is -2.62. The number of fused-ring (bicyclic) bond motifs is 1. The molecule has 31 heavy (non-hydrogen) atoms. The average Bonchev–Trinajstić information content (AvgIpc) is 3.00. The average molecular weight is 428 g/mol. The molecule has 166 valence electrons. The highest BCUT2D eigenvalue weighted by atomic mass is 16.3. The van der Waals surface area contributed by atoms with Crippen LogP contribution in [0, 0.1) is 5.92 Å². The second-order valence-electron chi connectivity index (χ2n) is 8.79. The van der Waals surface area contributed by atoms with Crippen LogP contribution < -0.4 is 16.0 Å². The van der Waals surface area contributed by atoms with Crippen LogP contribution in [0.3, 0.4) is 0 Å². The normalized spacial score (nSPS) is 25.9. The first-order valence-corrected chi connectivity index (χ1v) is 10.8. The maximum Gasteiger partial charge on any atom is 0.262 e. The fourth-order valence-electron chi connectivity index (χ4n) is 4.71. The highest BCUT2D eigenvalue weighted by molar-refractivity contribution is 6.24. The van der Waals surface area contributed by atoms with Crippen LogP contribution in [-0.2, 0) is 16.1 Å². The van der Waals surface area contributed by atoms with Gasteiger partial charge in [0.1, 0.15) is 6.04 Å². The lowest BCUT2D eigenvalue weighted by Crippen LogP contribution is -2.54. The minimum atomic E-state index is -0.981. The lowest BCUT2D eigenvalue weighted by Gasteiger charge is -2.36. The van der Waals surface area contributed by atoms with E-state index < -0.39 is 35.3 Å². The third-order valence-electron chi connectivity index (χ3n) is 6.53. The smallest absolute Gasteiger partial charge is 0.262 e. The summed E-state index contributed by atoms with van der Waals surface area (Å²) in [6.07, 6.45) is 2.20. The van der Waals surface area contributed by atoms with Crippen molar-refractivity contribution in [2.75, 3.05) is 19.6 Å². The van der Waals surface area contributed by atoms with Gasteiger partial charge in [0.15, 0.2) is 0 Å². The molecule has 4 rings (SSSR count). The molecule has 0 aromatic heterocycles. The Balaban J connectivity index is 1.47. The molecular weight excluding hydrogens is 400 g/mol. The van der Waals surface area contributed by atoms with Crippen molar-refractivity contribution in [3.63, 3.8) is 0 Å². The molecule has 1 aromatic rings. The highest BCUT2D eigenvalue weighted by Crippen LogP contribution is 2.30. The van der Waals surface area contributed by atoms with Crippen LogP contribution in [0.2, 0.25) is 0 Å². The van der Waals surface area contributed by atoms with E-state index in [0.717, 1.165) is 30.8 Å². The zero-order valence-electron chi connectivity index (χ0n) is 17.6. The van der Waals surface area contributed by atoms with E-state index in [9.17, 15) is 24.3 Å². The van der Waals surface area contributed by atoms with Crippen molar-refractivity contribution in [2.45, 2.75) is 50.8 Å². The number of amides is 4. The number of imide groups is 2. The van der Waals surface area contributed by atoms with E-state index in [0.29, 0.717) is 18.7 Å². The van der Waals surface area contributed by atoms with Gasteiger partial charge in [0.05, 0.1) is 16.7 Å². The third kappa shape index (κ3) is 4.13. The summed E-state index contributed by atoms with van der Waals surface area (Å²) in [6.45, 7) is 4.20. The van der Waals surface area contributed by atoms with Gasteiger partial charge in [-0.3, -0.25) is 29.4 Å². The van der Waals surface area contributed by atoms with Crippen LogP contribution in [0.5, 0.6) is 0 Å². The number of benzene rings is 1. The lowest BCUT2D eigenvalue weighted by atomic mass is 9.83. The number of nitrogens with one attached hydrogen (secondary N) is 3. The van der Waals surface area contributed by atoms with Gasteiger partial charge in [-0.25, -0.2) is 0 Å². The number of piperidine rings is 2. The first-order valence-electron chi connectivity index (χ1n) is 10.8. The molecule has 3 aliphatic heterocycles. The minimum Gasteiger partial charge on any atom is -0.389 e. The van der Waals surface area contributed by atoms with Crippen molar-refractivity contribution in [2.24, 2.45) is 5.92 Å². The summed E-state index contributed by atoms with van der Waals surface area (Å²) in [5.74, 6) is -1.92. The lowest BCUT2D eigenvalue weighted by molar-refractivity contribution is -0.136. The molecule has 3 heterocycles. The quantitative estimate of drug-likeness (QED) is 0.467. The van der Waals surface area contributed by atoms with E-state index in [-0.39, 0.29) is 29.9 Å². The van der Waals surface area contributed by atoms with Crippen molar-refractivity contribution in [1.29, 1.82) is 0 Å². The van der Waals surface area contributed by atoms with Gasteiger partial charge < -0.3 is 15.7 Å². The van der Waals surface area contributed by atoms with Gasteiger partial charge in [-0.05, 0) is 44.4 Å². The fourth-order valence-corrected chi connectivity index (χ4v) is 4.71. The Labute approximate surface area is 180 Å². The van der Waals surface area contributed by atoms with Crippen LogP contribution in [-0.4, -0.2) is 64.9 Å². The first-order chi connectivity index (χ1) is 14.8. The van der Waals surface area contributed by atoms with Crippen molar-refractivity contribution in [1.82, 2.24) is 20.9 Å². The summed E-state index contributed by atoms with van der Waals surface area (Å²) in [4.78, 5) is 50.6. The van der Waals surface area contributed by atoms with E-state index in [4.69, 9.17) is 0 Å². The predicted molar refractivity (Wildman–Crippen MR) is 111 cm³/mol. The van der Waals surface area contributed by atoms with Gasteiger partial charge in [-0.1, -0.05) is 12.1 Å². The molecule has 0 saturated carbocycles. The van der Waals surface area contributed by atoms with Crippen molar-refractivity contribution in [3.8, 4) is 0 Å². The Kier molecular flexibility index (Phi) is 5.92. The van der Waals surface area contributed by atoms with Gasteiger partial charge in [0, 0.05) is 32.0 Å². The number of hydrogen-bond acceptors (Lipinski definition) is 7. The van der Waals surface area contributed by atoms with Crippen LogP contribution in [0.25, 0.3) is 0 Å². The molecule has 9 nitrogen and oxygen atoms in total. The molecule has 0 radical (unpaired) electrons. The molecule has 3 aliphatic rings. The van der Waals surface area contributed by atoms with Gasteiger partial charge in [-0.2, -0.15) is 0 Å². The Morgan fingerprint density at radius 1 is 1.19 bits per heavy atom. The number of rotatable bonds is 6. The summed E-state index contributed by atoms with van der Waals surface area (Å²) >= 11 is 0. The van der Waals surface area contributed by atoms with Crippen molar-refractivity contribution in [3.05, 3.63) is 34.9 Å². The second-order valence-corrected chi connectivity index (χ2v) is 8.79. The first kappa shape index (κ1) is 21.6. The highest BCUT2D eigenvalue weighted by Gasteiger charge is 2.45. The zero-order chi connectivity index (χ0) is 22.2. The largest absolute Gasteiger partial charge is 0.389 e. The monoisotopic (exact) mass is 428 g/mol. The summed E-state index contributed by atoms with van der Waals surface area (Å²) in [7, 11) is 0. The topological polar surface area (TPSA) is 128 Å². The van der Waals surface area contributed by atoms with Crippen LogP contribution in [0.15, 0.2) is 18.2 Å². The number of hydrogen-bond donors (Lipinski definition) is 4. The number of carbonyl (C=O) groups is 4. The Morgan fingerprint density at radius 3 is 2.71 bits per heavy atom. The van der Waals surface area contributed by atoms with E-state index >= 15 is 0 Å². The Bertz CT molecular complexity index is 922. The predicted octanol–water partition coefficient (Wildman–Crippen LogP) is -0.0720. The molecule has 3 atom stereocenters. The van der Waals surface area contributed by atoms with Crippen molar-refractivity contribution >= 4 is 23.6 Å². The molecule has 0 aliphatic carbocycles. The van der Waals surface area contributed by atoms with Crippen molar-refractivity contribution < 1.29 is 24.3 Å². The molecule has 0 spiro atoms. The Morgan fingerprint density at radius 2 is 2.00 bits per heavy atom. The molecule has 2 saturated heterocycles. The van der Waals surface area contributed by atoms with Gasteiger partial charge >= 0.3 is 0 Å².